The SMILES string of the molecule is CC(C)COc1ccccc1F.CCC. The Morgan fingerprint density at radius 2 is 1.73 bits per heavy atom. The molecule has 1 nitrogen and oxygen atoms in total. The Balaban J connectivity index is 0.000000583. The zero-order chi connectivity index (χ0) is 11.7. The van der Waals surface area contributed by atoms with E-state index in [9.17, 15) is 4.39 Å². The maximum absolute atomic E-state index is 12.9. The number of rotatable bonds is 3. The van der Waals surface area contributed by atoms with Gasteiger partial charge in [0, 0.05) is 0 Å². The molecule has 0 saturated heterocycles. The van der Waals surface area contributed by atoms with E-state index in [4.69, 9.17) is 4.74 Å². The molecule has 1 aromatic rings. The van der Waals surface area contributed by atoms with E-state index in [1.165, 1.54) is 12.5 Å². The fraction of sp³-hybridized carbons (Fsp3) is 0.538. The minimum atomic E-state index is -0.293. The van der Waals surface area contributed by atoms with Crippen molar-refractivity contribution in [1.82, 2.24) is 0 Å². The molecule has 0 bridgehead atoms. The van der Waals surface area contributed by atoms with Gasteiger partial charge in [-0.1, -0.05) is 46.2 Å². The monoisotopic (exact) mass is 212 g/mol. The highest BCUT2D eigenvalue weighted by Gasteiger charge is 2.01. The summed E-state index contributed by atoms with van der Waals surface area (Å²) in [7, 11) is 0. The summed E-state index contributed by atoms with van der Waals surface area (Å²) in [5.41, 5.74) is 0. The topological polar surface area (TPSA) is 9.23 Å². The second-order valence-corrected chi connectivity index (χ2v) is 3.84. The van der Waals surface area contributed by atoms with E-state index < -0.39 is 0 Å². The average Bonchev–Trinajstić information content (AvgIpc) is 2.17. The van der Waals surface area contributed by atoms with Crippen molar-refractivity contribution in [2.45, 2.75) is 34.1 Å². The Labute approximate surface area is 92.3 Å². The molecule has 1 rings (SSSR count). The Hall–Kier alpha value is -1.05. The van der Waals surface area contributed by atoms with Gasteiger partial charge in [0.05, 0.1) is 6.61 Å². The van der Waals surface area contributed by atoms with Crippen molar-refractivity contribution in [2.24, 2.45) is 5.92 Å². The van der Waals surface area contributed by atoms with Gasteiger partial charge in [-0.3, -0.25) is 0 Å². The molecule has 0 radical (unpaired) electrons. The van der Waals surface area contributed by atoms with Gasteiger partial charge in [-0.05, 0) is 18.1 Å². The van der Waals surface area contributed by atoms with E-state index >= 15 is 0 Å². The molecule has 0 saturated carbocycles. The fourth-order valence-electron chi connectivity index (χ4n) is 0.818. The summed E-state index contributed by atoms with van der Waals surface area (Å²) in [6.07, 6.45) is 1.25. The van der Waals surface area contributed by atoms with E-state index in [1.807, 2.05) is 13.8 Å². The Bertz CT molecular complexity index is 258. The number of hydrogen-bond acceptors (Lipinski definition) is 1. The predicted octanol–water partition coefficient (Wildman–Crippen LogP) is 4.28. The van der Waals surface area contributed by atoms with Crippen LogP contribution in [-0.4, -0.2) is 6.61 Å². The van der Waals surface area contributed by atoms with Gasteiger partial charge < -0.3 is 4.74 Å². The predicted molar refractivity (Wildman–Crippen MR) is 62.7 cm³/mol. The molecule has 0 heterocycles. The van der Waals surface area contributed by atoms with E-state index in [2.05, 4.69) is 13.8 Å². The summed E-state index contributed by atoms with van der Waals surface area (Å²) < 4.78 is 18.1. The zero-order valence-electron chi connectivity index (χ0n) is 10.1. The van der Waals surface area contributed by atoms with Crippen LogP contribution in [0.1, 0.15) is 34.1 Å². The van der Waals surface area contributed by atoms with Crippen molar-refractivity contribution in [3.63, 3.8) is 0 Å². The highest BCUT2D eigenvalue weighted by Crippen LogP contribution is 2.15. The van der Waals surface area contributed by atoms with Crippen molar-refractivity contribution >= 4 is 0 Å². The van der Waals surface area contributed by atoms with Gasteiger partial charge in [0.1, 0.15) is 0 Å². The second kappa shape index (κ2) is 8.27. The van der Waals surface area contributed by atoms with E-state index in [1.54, 1.807) is 18.2 Å². The lowest BCUT2D eigenvalue weighted by Gasteiger charge is -2.08. The van der Waals surface area contributed by atoms with Crippen molar-refractivity contribution < 1.29 is 9.13 Å². The van der Waals surface area contributed by atoms with Crippen LogP contribution in [0.5, 0.6) is 5.75 Å². The third-order valence-electron chi connectivity index (χ3n) is 1.41. The minimum Gasteiger partial charge on any atom is -0.490 e. The molecule has 0 atom stereocenters. The lowest BCUT2D eigenvalue weighted by Crippen LogP contribution is -2.05. The van der Waals surface area contributed by atoms with E-state index in [-0.39, 0.29) is 5.82 Å². The van der Waals surface area contributed by atoms with Crippen LogP contribution in [0.15, 0.2) is 24.3 Å². The van der Waals surface area contributed by atoms with Crippen LogP contribution >= 0.6 is 0 Å². The van der Waals surface area contributed by atoms with Crippen LogP contribution in [0.4, 0.5) is 4.39 Å². The van der Waals surface area contributed by atoms with Crippen molar-refractivity contribution in [1.29, 1.82) is 0 Å². The van der Waals surface area contributed by atoms with Gasteiger partial charge >= 0.3 is 0 Å². The molecule has 0 unspecified atom stereocenters. The first kappa shape index (κ1) is 13.9. The Morgan fingerprint density at radius 3 is 2.20 bits per heavy atom. The van der Waals surface area contributed by atoms with Gasteiger partial charge in [0.25, 0.3) is 0 Å². The molecule has 86 valence electrons. The van der Waals surface area contributed by atoms with Gasteiger partial charge in [0.2, 0.25) is 0 Å². The van der Waals surface area contributed by atoms with Crippen LogP contribution in [0.2, 0.25) is 0 Å². The third kappa shape index (κ3) is 6.95. The number of hydrogen-bond donors (Lipinski definition) is 0. The summed E-state index contributed by atoms with van der Waals surface area (Å²) >= 11 is 0. The molecule has 0 spiro atoms. The molecule has 2 heteroatoms. The number of benzene rings is 1. The summed E-state index contributed by atoms with van der Waals surface area (Å²) in [6, 6.07) is 6.45. The molecule has 1 aromatic carbocycles. The van der Waals surface area contributed by atoms with Crippen molar-refractivity contribution in [3.8, 4) is 5.75 Å². The maximum atomic E-state index is 12.9. The molecule has 0 aromatic heterocycles. The normalized spacial score (nSPS) is 9.47. The molecule has 0 N–H and O–H groups in total. The smallest absolute Gasteiger partial charge is 0.165 e. The fourth-order valence-corrected chi connectivity index (χ4v) is 0.818. The van der Waals surface area contributed by atoms with Crippen LogP contribution in [0, 0.1) is 11.7 Å². The number of halogens is 1. The highest BCUT2D eigenvalue weighted by atomic mass is 19.1. The van der Waals surface area contributed by atoms with Crippen molar-refractivity contribution in [2.75, 3.05) is 6.61 Å². The van der Waals surface area contributed by atoms with Crippen LogP contribution < -0.4 is 4.74 Å². The van der Waals surface area contributed by atoms with Gasteiger partial charge in [-0.25, -0.2) is 4.39 Å². The lowest BCUT2D eigenvalue weighted by molar-refractivity contribution is 0.259. The Morgan fingerprint density at radius 1 is 1.20 bits per heavy atom. The molecular formula is C13H21FO. The first-order chi connectivity index (χ1) is 7.11. The quantitative estimate of drug-likeness (QED) is 0.726. The molecule has 0 aliphatic rings. The lowest BCUT2D eigenvalue weighted by atomic mass is 10.2. The molecular weight excluding hydrogens is 191 g/mol. The molecule has 0 amide bonds. The van der Waals surface area contributed by atoms with Gasteiger partial charge in [-0.15, -0.1) is 0 Å². The molecule has 15 heavy (non-hydrogen) atoms. The summed E-state index contributed by atoms with van der Waals surface area (Å²) in [5, 5.41) is 0. The molecule has 0 fully saturated rings. The first-order valence-corrected chi connectivity index (χ1v) is 5.49. The Kier molecular flexibility index (Phi) is 7.69. The number of para-hydroxylation sites is 1. The molecule has 0 aliphatic heterocycles. The minimum absolute atomic E-state index is 0.293. The zero-order valence-corrected chi connectivity index (χ0v) is 10.1. The summed E-state index contributed by atoms with van der Waals surface area (Å²) in [4.78, 5) is 0. The van der Waals surface area contributed by atoms with Crippen LogP contribution in [-0.2, 0) is 0 Å². The second-order valence-electron chi connectivity index (χ2n) is 3.84. The van der Waals surface area contributed by atoms with Gasteiger partial charge in [0.15, 0.2) is 11.6 Å². The maximum Gasteiger partial charge on any atom is 0.165 e. The van der Waals surface area contributed by atoms with Gasteiger partial charge in [-0.2, -0.15) is 0 Å². The molecule has 0 aliphatic carbocycles. The van der Waals surface area contributed by atoms with E-state index in [0.717, 1.165) is 0 Å². The van der Waals surface area contributed by atoms with Crippen molar-refractivity contribution in [3.05, 3.63) is 30.1 Å². The van der Waals surface area contributed by atoms with E-state index in [0.29, 0.717) is 18.3 Å². The summed E-state index contributed by atoms with van der Waals surface area (Å²) in [6.45, 7) is 8.86. The largest absolute Gasteiger partial charge is 0.490 e. The standard InChI is InChI=1S/C10H13FO.C3H8/c1-8(2)7-12-10-6-4-3-5-9(10)11;1-3-2/h3-6,8H,7H2,1-2H3;3H2,1-2H3. The number of ether oxygens (including phenoxy) is 1. The first-order valence-electron chi connectivity index (χ1n) is 5.49. The summed E-state index contributed by atoms with van der Waals surface area (Å²) in [5.74, 6) is 0.467. The third-order valence-corrected chi connectivity index (χ3v) is 1.41. The highest BCUT2D eigenvalue weighted by molar-refractivity contribution is 5.23. The van der Waals surface area contributed by atoms with Crippen LogP contribution in [0.3, 0.4) is 0 Å². The van der Waals surface area contributed by atoms with Crippen LogP contribution in [0.25, 0.3) is 0 Å². The average molecular weight is 212 g/mol.